The monoisotopic (exact) mass is 681 g/mol. The van der Waals surface area contributed by atoms with Crippen LogP contribution in [0.4, 0.5) is 34.1 Å². The first-order valence-corrected chi connectivity index (χ1v) is 16.6. The summed E-state index contributed by atoms with van der Waals surface area (Å²) in [7, 11) is 0. The highest BCUT2D eigenvalue weighted by Crippen LogP contribution is 2.38. The molecule has 47 heavy (non-hydrogen) atoms. The summed E-state index contributed by atoms with van der Waals surface area (Å²) in [5.74, 6) is -0.486. The standard InChI is InChI=1S/C31H40F3N5O5S.C2H6/c1-19(2)24-17-35-26-23(38(28(41)44-30(6,7)8)20-11-9-12-21(15-20)42-31(32,33)34)16-25(36-39(24)26)45-22-13-10-14-37(18-22)27(40)43-29(3,4)5;1-2/h9,11-12,15-17,19,22H,10,13-14,18H2,1-8H3;1-2H3. The summed E-state index contributed by atoms with van der Waals surface area (Å²) in [6.45, 7) is 19.5. The average Bonchev–Trinajstić information content (AvgIpc) is 3.36. The minimum Gasteiger partial charge on any atom is -0.444 e. The number of alkyl halides is 3. The van der Waals surface area contributed by atoms with Gasteiger partial charge in [0.25, 0.3) is 0 Å². The van der Waals surface area contributed by atoms with Crippen LogP contribution in [0.2, 0.25) is 0 Å². The van der Waals surface area contributed by atoms with Crippen molar-refractivity contribution in [1.29, 1.82) is 0 Å². The van der Waals surface area contributed by atoms with Crippen molar-refractivity contribution in [1.82, 2.24) is 19.5 Å². The summed E-state index contributed by atoms with van der Waals surface area (Å²) in [4.78, 5) is 34.0. The number of ether oxygens (including phenoxy) is 3. The molecule has 0 spiro atoms. The molecule has 0 N–H and O–H groups in total. The number of carbonyl (C=O) groups excluding carboxylic acids is 2. The van der Waals surface area contributed by atoms with Crippen molar-refractivity contribution in [2.75, 3.05) is 18.0 Å². The molecule has 14 heteroatoms. The van der Waals surface area contributed by atoms with Gasteiger partial charge in [-0.1, -0.05) is 45.5 Å². The van der Waals surface area contributed by atoms with Crippen molar-refractivity contribution in [3.05, 3.63) is 42.2 Å². The van der Waals surface area contributed by atoms with Gasteiger partial charge in [-0.05, 0) is 72.4 Å². The number of thioether (sulfide) groups is 1. The van der Waals surface area contributed by atoms with E-state index in [4.69, 9.17) is 14.6 Å². The SMILES string of the molecule is CC.CC(C)c1cnc2c(N(C(=O)OC(C)(C)C)c3cccc(OC(F)(F)F)c3)cc(SC3CCCN(C(=O)OC(C)(C)C)C3)nn12. The molecule has 2 amide bonds. The van der Waals surface area contributed by atoms with E-state index < -0.39 is 29.4 Å². The van der Waals surface area contributed by atoms with E-state index in [0.29, 0.717) is 23.8 Å². The highest BCUT2D eigenvalue weighted by molar-refractivity contribution is 7.99. The molecule has 2 aromatic heterocycles. The second kappa shape index (κ2) is 15.0. The van der Waals surface area contributed by atoms with E-state index in [1.807, 2.05) is 48.5 Å². The summed E-state index contributed by atoms with van der Waals surface area (Å²) in [5, 5.41) is 5.35. The second-order valence-electron chi connectivity index (χ2n) is 13.1. The first-order chi connectivity index (χ1) is 21.8. The lowest BCUT2D eigenvalue weighted by Gasteiger charge is -2.33. The van der Waals surface area contributed by atoms with Gasteiger partial charge in [-0.15, -0.1) is 13.2 Å². The van der Waals surface area contributed by atoms with Gasteiger partial charge < -0.3 is 19.1 Å². The van der Waals surface area contributed by atoms with Crippen LogP contribution in [0, 0.1) is 0 Å². The van der Waals surface area contributed by atoms with Crippen LogP contribution in [-0.2, 0) is 9.47 Å². The lowest BCUT2D eigenvalue weighted by Crippen LogP contribution is -2.43. The number of rotatable bonds is 6. The van der Waals surface area contributed by atoms with E-state index >= 15 is 0 Å². The largest absolute Gasteiger partial charge is 0.573 e. The van der Waals surface area contributed by atoms with Gasteiger partial charge in [-0.25, -0.2) is 24.0 Å². The molecule has 1 aromatic carbocycles. The number of piperidine rings is 1. The zero-order valence-corrected chi connectivity index (χ0v) is 29.6. The Kier molecular flexibility index (Phi) is 12.1. The molecule has 0 aliphatic carbocycles. The van der Waals surface area contributed by atoms with Crippen LogP contribution in [0.5, 0.6) is 5.75 Å². The number of aromatic nitrogens is 3. The zero-order valence-electron chi connectivity index (χ0n) is 28.8. The number of carbonyl (C=O) groups is 2. The number of halogens is 3. The van der Waals surface area contributed by atoms with E-state index in [2.05, 4.69) is 9.72 Å². The van der Waals surface area contributed by atoms with Crippen LogP contribution in [0.1, 0.15) is 93.7 Å². The maximum atomic E-state index is 13.8. The molecule has 1 fully saturated rings. The molecule has 3 aromatic rings. The lowest BCUT2D eigenvalue weighted by molar-refractivity contribution is -0.274. The molecule has 1 unspecified atom stereocenters. The number of benzene rings is 1. The summed E-state index contributed by atoms with van der Waals surface area (Å²) in [6, 6.07) is 6.79. The number of anilines is 2. The summed E-state index contributed by atoms with van der Waals surface area (Å²) in [6.07, 6.45) is -2.89. The Balaban J connectivity index is 0.00000294. The molecule has 1 atom stereocenters. The Bertz CT molecular complexity index is 1530. The summed E-state index contributed by atoms with van der Waals surface area (Å²) >= 11 is 1.44. The van der Waals surface area contributed by atoms with Gasteiger partial charge in [0.1, 0.15) is 22.0 Å². The van der Waals surface area contributed by atoms with Gasteiger partial charge >= 0.3 is 18.5 Å². The molecule has 3 heterocycles. The Morgan fingerprint density at radius 3 is 2.28 bits per heavy atom. The topological polar surface area (TPSA) is 98.5 Å². The first kappa shape index (κ1) is 37.8. The van der Waals surface area contributed by atoms with Gasteiger partial charge in [-0.3, -0.25) is 0 Å². The molecule has 1 aliphatic heterocycles. The smallest absolute Gasteiger partial charge is 0.444 e. The molecule has 10 nitrogen and oxygen atoms in total. The van der Waals surface area contributed by atoms with Crippen molar-refractivity contribution in [3.63, 3.8) is 0 Å². The molecular formula is C33H46F3N5O5S. The zero-order chi connectivity index (χ0) is 35.3. The maximum Gasteiger partial charge on any atom is 0.573 e. The van der Waals surface area contributed by atoms with Gasteiger partial charge in [-0.2, -0.15) is 5.10 Å². The van der Waals surface area contributed by atoms with E-state index in [1.165, 1.54) is 28.8 Å². The molecule has 260 valence electrons. The second-order valence-corrected chi connectivity index (χ2v) is 14.4. The van der Waals surface area contributed by atoms with Crippen LogP contribution in [0.25, 0.3) is 5.65 Å². The van der Waals surface area contributed by atoms with Crippen LogP contribution in [0.3, 0.4) is 0 Å². The molecule has 0 saturated carbocycles. The third-order valence-electron chi connectivity index (χ3n) is 6.49. The van der Waals surface area contributed by atoms with Crippen molar-refractivity contribution in [2.24, 2.45) is 0 Å². The molecular weight excluding hydrogens is 635 g/mol. The van der Waals surface area contributed by atoms with E-state index in [0.717, 1.165) is 30.7 Å². The third-order valence-corrected chi connectivity index (χ3v) is 7.65. The van der Waals surface area contributed by atoms with Gasteiger partial charge in [0.2, 0.25) is 0 Å². The maximum absolute atomic E-state index is 13.8. The fraction of sp³-hybridized carbons (Fsp3) is 0.576. The molecule has 1 aliphatic rings. The predicted octanol–water partition coefficient (Wildman–Crippen LogP) is 9.34. The average molecular weight is 682 g/mol. The van der Waals surface area contributed by atoms with Gasteiger partial charge in [0.05, 0.1) is 23.3 Å². The van der Waals surface area contributed by atoms with E-state index in [-0.39, 0.29) is 28.6 Å². The van der Waals surface area contributed by atoms with Crippen LogP contribution >= 0.6 is 11.8 Å². The van der Waals surface area contributed by atoms with E-state index in [1.54, 1.807) is 42.4 Å². The Labute approximate surface area is 278 Å². The molecule has 1 saturated heterocycles. The van der Waals surface area contributed by atoms with Crippen molar-refractivity contribution >= 4 is 41.0 Å². The highest BCUT2D eigenvalue weighted by Gasteiger charge is 2.34. The van der Waals surface area contributed by atoms with Crippen LogP contribution in [-0.4, -0.2) is 67.6 Å². The normalized spacial score (nSPS) is 15.6. The minimum absolute atomic E-state index is 0.0106. The van der Waals surface area contributed by atoms with Crippen LogP contribution < -0.4 is 9.64 Å². The number of fused-ring (bicyclic) bond motifs is 1. The highest BCUT2D eigenvalue weighted by atomic mass is 32.2. The minimum atomic E-state index is -4.93. The van der Waals surface area contributed by atoms with Crippen molar-refractivity contribution in [2.45, 2.75) is 116 Å². The number of imidazole rings is 1. The quantitative estimate of drug-likeness (QED) is 0.254. The molecule has 0 bridgehead atoms. The summed E-state index contributed by atoms with van der Waals surface area (Å²) < 4.78 is 56.4. The lowest BCUT2D eigenvalue weighted by atomic mass is 10.1. The number of amides is 2. The Morgan fingerprint density at radius 1 is 1.02 bits per heavy atom. The Morgan fingerprint density at radius 2 is 1.68 bits per heavy atom. The predicted molar refractivity (Wildman–Crippen MR) is 177 cm³/mol. The van der Waals surface area contributed by atoms with Gasteiger partial charge in [0.15, 0.2) is 5.65 Å². The Hall–Kier alpha value is -3.68. The van der Waals surface area contributed by atoms with E-state index in [9.17, 15) is 22.8 Å². The third kappa shape index (κ3) is 10.7. The van der Waals surface area contributed by atoms with Gasteiger partial charge in [0, 0.05) is 30.5 Å². The fourth-order valence-corrected chi connectivity index (χ4v) is 5.92. The first-order valence-electron chi connectivity index (χ1n) is 15.7. The van der Waals surface area contributed by atoms with Crippen molar-refractivity contribution in [3.8, 4) is 5.75 Å². The fourth-order valence-electron chi connectivity index (χ4n) is 4.73. The summed E-state index contributed by atoms with van der Waals surface area (Å²) in [5.41, 5.74) is -0.111. The molecule has 0 radical (unpaired) electrons. The van der Waals surface area contributed by atoms with Crippen molar-refractivity contribution < 1.29 is 37.0 Å². The molecule has 4 rings (SSSR count). The number of hydrogen-bond acceptors (Lipinski definition) is 8. The number of likely N-dealkylation sites (tertiary alicyclic amines) is 1. The number of nitrogens with zero attached hydrogens (tertiary/aromatic N) is 5. The number of hydrogen-bond donors (Lipinski definition) is 0. The van der Waals surface area contributed by atoms with Crippen LogP contribution in [0.15, 0.2) is 41.6 Å².